The molecule has 1 atom stereocenters. The molecule has 3 N–H and O–H groups in total. The van der Waals surface area contributed by atoms with Crippen molar-refractivity contribution < 1.29 is 22.7 Å². The molecule has 1 saturated heterocycles. The van der Waals surface area contributed by atoms with Crippen LogP contribution in [0.15, 0.2) is 23.1 Å². The average molecular weight is 314 g/mol. The van der Waals surface area contributed by atoms with Gasteiger partial charge in [0.25, 0.3) is 0 Å². The van der Waals surface area contributed by atoms with Gasteiger partial charge >= 0.3 is 5.97 Å². The van der Waals surface area contributed by atoms with Gasteiger partial charge in [-0.1, -0.05) is 0 Å². The monoisotopic (exact) mass is 314 g/mol. The number of sulfonamides is 1. The second-order valence-corrected chi connectivity index (χ2v) is 6.86. The zero-order chi connectivity index (χ0) is 15.7. The number of nitrogens with two attached hydrogens (primary N) is 1. The Kier molecular flexibility index (Phi) is 4.22. The van der Waals surface area contributed by atoms with Crippen molar-refractivity contribution in [3.05, 3.63) is 23.8 Å². The molecule has 1 aliphatic rings. The van der Waals surface area contributed by atoms with Crippen LogP contribution in [0.5, 0.6) is 0 Å². The molecule has 0 aromatic heterocycles. The summed E-state index contributed by atoms with van der Waals surface area (Å²) in [7, 11) is -2.55. The van der Waals surface area contributed by atoms with Crippen molar-refractivity contribution in [2.45, 2.75) is 23.8 Å². The Morgan fingerprint density at radius 2 is 2.19 bits per heavy atom. The Morgan fingerprint density at radius 3 is 2.71 bits per heavy atom. The number of carbonyl (C=O) groups excluding carboxylic acids is 1. The zero-order valence-corrected chi connectivity index (χ0v) is 12.7. The normalized spacial score (nSPS) is 22.2. The Labute approximate surface area is 123 Å². The van der Waals surface area contributed by atoms with Crippen molar-refractivity contribution >= 4 is 21.7 Å². The van der Waals surface area contributed by atoms with E-state index in [1.165, 1.54) is 25.3 Å². The quantitative estimate of drug-likeness (QED) is 0.619. The van der Waals surface area contributed by atoms with Crippen molar-refractivity contribution in [3.63, 3.8) is 0 Å². The van der Waals surface area contributed by atoms with Crippen LogP contribution in [0.2, 0.25) is 0 Å². The fourth-order valence-electron chi connectivity index (χ4n) is 2.16. The molecule has 2 rings (SSSR count). The Balaban J connectivity index is 2.30. The summed E-state index contributed by atoms with van der Waals surface area (Å²) in [6.45, 7) is 2.60. The molecule has 0 amide bonds. The van der Waals surface area contributed by atoms with Gasteiger partial charge in [-0.3, -0.25) is 0 Å². The van der Waals surface area contributed by atoms with Gasteiger partial charge in [-0.15, -0.1) is 0 Å². The lowest BCUT2D eigenvalue weighted by Crippen LogP contribution is -2.46. The number of nitrogens with one attached hydrogen (secondary N) is 1. The third-order valence-corrected chi connectivity index (χ3v) is 5.03. The summed E-state index contributed by atoms with van der Waals surface area (Å²) < 4.78 is 37.2. The maximum Gasteiger partial charge on any atom is 0.337 e. The first-order chi connectivity index (χ1) is 9.77. The van der Waals surface area contributed by atoms with E-state index in [9.17, 15) is 13.2 Å². The van der Waals surface area contributed by atoms with Crippen molar-refractivity contribution in [1.29, 1.82) is 0 Å². The number of esters is 1. The van der Waals surface area contributed by atoms with Crippen LogP contribution in [-0.2, 0) is 19.5 Å². The lowest BCUT2D eigenvalue weighted by atomic mass is 10.0. The van der Waals surface area contributed by atoms with Gasteiger partial charge in [0.15, 0.2) is 0 Å². The predicted molar refractivity (Wildman–Crippen MR) is 76.4 cm³/mol. The van der Waals surface area contributed by atoms with Crippen LogP contribution in [0.25, 0.3) is 0 Å². The third kappa shape index (κ3) is 3.34. The van der Waals surface area contributed by atoms with E-state index in [4.69, 9.17) is 10.5 Å². The summed E-state index contributed by atoms with van der Waals surface area (Å²) in [6.07, 6.45) is 0.590. The summed E-state index contributed by atoms with van der Waals surface area (Å²) >= 11 is 0. The molecular formula is C13H18N2O5S. The van der Waals surface area contributed by atoms with E-state index in [1.54, 1.807) is 6.92 Å². The van der Waals surface area contributed by atoms with E-state index < -0.39 is 21.5 Å². The highest BCUT2D eigenvalue weighted by Gasteiger charge is 2.35. The van der Waals surface area contributed by atoms with Gasteiger partial charge in [0.2, 0.25) is 10.0 Å². The van der Waals surface area contributed by atoms with Gasteiger partial charge in [-0.2, -0.15) is 0 Å². The second kappa shape index (κ2) is 5.63. The van der Waals surface area contributed by atoms with Crippen LogP contribution in [0.3, 0.4) is 0 Å². The summed E-state index contributed by atoms with van der Waals surface area (Å²) in [4.78, 5) is 11.3. The molecule has 8 heteroatoms. The highest BCUT2D eigenvalue weighted by Crippen LogP contribution is 2.25. The first-order valence-electron chi connectivity index (χ1n) is 6.37. The lowest BCUT2D eigenvalue weighted by Gasteiger charge is -2.23. The molecule has 1 aromatic carbocycles. The molecule has 1 aliphatic heterocycles. The minimum Gasteiger partial charge on any atom is -0.465 e. The Hall–Kier alpha value is -1.64. The second-order valence-electron chi connectivity index (χ2n) is 5.21. The third-order valence-electron chi connectivity index (χ3n) is 3.32. The molecule has 21 heavy (non-hydrogen) atoms. The van der Waals surface area contributed by atoms with Crippen molar-refractivity contribution in [3.8, 4) is 0 Å². The number of ether oxygens (including phenoxy) is 2. The number of nitrogen functional groups attached to an aromatic ring is 1. The number of hydrogen-bond donors (Lipinski definition) is 2. The molecule has 1 aromatic rings. The van der Waals surface area contributed by atoms with Crippen LogP contribution in [0, 0.1) is 0 Å². The van der Waals surface area contributed by atoms with E-state index in [0.717, 1.165) is 0 Å². The molecule has 116 valence electrons. The number of rotatable bonds is 4. The predicted octanol–water partition coefficient (Wildman–Crippen LogP) is 0.513. The van der Waals surface area contributed by atoms with Crippen LogP contribution < -0.4 is 10.5 Å². The van der Waals surface area contributed by atoms with Gasteiger partial charge in [0.05, 0.1) is 30.5 Å². The molecule has 1 unspecified atom stereocenters. The summed E-state index contributed by atoms with van der Waals surface area (Å²) in [5.41, 5.74) is 5.30. The fourth-order valence-corrected chi connectivity index (χ4v) is 3.70. The van der Waals surface area contributed by atoms with Crippen molar-refractivity contribution in [2.24, 2.45) is 0 Å². The van der Waals surface area contributed by atoms with Crippen LogP contribution in [0.4, 0.5) is 5.69 Å². The van der Waals surface area contributed by atoms with E-state index >= 15 is 0 Å². The van der Waals surface area contributed by atoms with Gasteiger partial charge in [-0.25, -0.2) is 17.9 Å². The summed E-state index contributed by atoms with van der Waals surface area (Å²) in [5, 5.41) is 0. The van der Waals surface area contributed by atoms with Gasteiger partial charge in [0.1, 0.15) is 4.90 Å². The number of methoxy groups -OCH3 is 1. The van der Waals surface area contributed by atoms with Crippen LogP contribution in [0.1, 0.15) is 23.7 Å². The zero-order valence-electron chi connectivity index (χ0n) is 11.9. The van der Waals surface area contributed by atoms with Gasteiger partial charge < -0.3 is 15.2 Å². The highest BCUT2D eigenvalue weighted by molar-refractivity contribution is 7.89. The smallest absolute Gasteiger partial charge is 0.337 e. The molecule has 0 bridgehead atoms. The number of benzene rings is 1. The van der Waals surface area contributed by atoms with E-state index in [1.807, 2.05) is 0 Å². The largest absolute Gasteiger partial charge is 0.465 e. The average Bonchev–Trinajstić information content (AvgIpc) is 2.82. The SMILES string of the molecule is COC(=O)c1ccc(S(=O)(=O)NC2(C)CCOC2)c(N)c1. The maximum atomic E-state index is 12.4. The number of hydrogen-bond acceptors (Lipinski definition) is 6. The lowest BCUT2D eigenvalue weighted by molar-refractivity contribution is 0.0600. The first kappa shape index (κ1) is 15.7. The minimum absolute atomic E-state index is 0.00656. The van der Waals surface area contributed by atoms with E-state index in [0.29, 0.717) is 19.6 Å². The van der Waals surface area contributed by atoms with Gasteiger partial charge in [0, 0.05) is 6.61 Å². The molecule has 0 aliphatic carbocycles. The maximum absolute atomic E-state index is 12.4. The van der Waals surface area contributed by atoms with Gasteiger partial charge in [-0.05, 0) is 31.5 Å². The topological polar surface area (TPSA) is 108 Å². The number of carbonyl (C=O) groups is 1. The number of anilines is 1. The van der Waals surface area contributed by atoms with E-state index in [-0.39, 0.29) is 16.1 Å². The first-order valence-corrected chi connectivity index (χ1v) is 7.85. The van der Waals surface area contributed by atoms with Crippen LogP contribution >= 0.6 is 0 Å². The highest BCUT2D eigenvalue weighted by atomic mass is 32.2. The fraction of sp³-hybridized carbons (Fsp3) is 0.462. The summed E-state index contributed by atoms with van der Waals surface area (Å²) in [6, 6.07) is 3.95. The molecule has 7 nitrogen and oxygen atoms in total. The molecule has 0 radical (unpaired) electrons. The van der Waals surface area contributed by atoms with Crippen molar-refractivity contribution in [2.75, 3.05) is 26.1 Å². The van der Waals surface area contributed by atoms with E-state index in [2.05, 4.69) is 9.46 Å². The molecule has 1 heterocycles. The summed E-state index contributed by atoms with van der Waals surface area (Å²) in [5.74, 6) is -0.574. The molecule has 1 fully saturated rings. The molecular weight excluding hydrogens is 296 g/mol. The van der Waals surface area contributed by atoms with Crippen molar-refractivity contribution in [1.82, 2.24) is 4.72 Å². The minimum atomic E-state index is -3.79. The molecule has 0 saturated carbocycles. The standard InChI is InChI=1S/C13H18N2O5S/c1-13(5-6-20-8-13)15-21(17,18)11-4-3-9(7-10(11)14)12(16)19-2/h3-4,7,15H,5-6,8,14H2,1-2H3. The van der Waals surface area contributed by atoms with Crippen LogP contribution in [-0.4, -0.2) is 40.2 Å². The molecule has 0 spiro atoms. The Morgan fingerprint density at radius 1 is 1.48 bits per heavy atom. The Bertz CT molecular complexity index is 651.